The van der Waals surface area contributed by atoms with Crippen molar-refractivity contribution in [2.75, 3.05) is 20.2 Å². The third-order valence-corrected chi connectivity index (χ3v) is 3.35. The van der Waals surface area contributed by atoms with Crippen molar-refractivity contribution in [2.45, 2.75) is 32.9 Å². The van der Waals surface area contributed by atoms with E-state index in [4.69, 9.17) is 4.74 Å². The zero-order valence-corrected chi connectivity index (χ0v) is 12.5. The van der Waals surface area contributed by atoms with Gasteiger partial charge in [-0.1, -0.05) is 24.3 Å². The van der Waals surface area contributed by atoms with Crippen LogP contribution in [0.3, 0.4) is 0 Å². The van der Waals surface area contributed by atoms with Crippen molar-refractivity contribution in [1.82, 2.24) is 10.6 Å². The average Bonchev–Trinajstić information content (AvgIpc) is 3.28. The molecule has 1 fully saturated rings. The first-order valence-corrected chi connectivity index (χ1v) is 7.40. The normalized spacial score (nSPS) is 15.2. The summed E-state index contributed by atoms with van der Waals surface area (Å²) in [4.78, 5) is 4.62. The zero-order chi connectivity index (χ0) is 14.2. The zero-order valence-electron chi connectivity index (χ0n) is 12.5. The largest absolute Gasteiger partial charge is 0.380 e. The molecule has 1 saturated carbocycles. The molecule has 0 radical (unpaired) electrons. The summed E-state index contributed by atoms with van der Waals surface area (Å²) in [5, 5.41) is 6.69. The van der Waals surface area contributed by atoms with Gasteiger partial charge in [0.25, 0.3) is 0 Å². The van der Waals surface area contributed by atoms with Crippen LogP contribution in [0.5, 0.6) is 0 Å². The van der Waals surface area contributed by atoms with Crippen LogP contribution in [0, 0.1) is 5.92 Å². The average molecular weight is 275 g/mol. The lowest BCUT2D eigenvalue weighted by Crippen LogP contribution is -2.38. The van der Waals surface area contributed by atoms with E-state index in [9.17, 15) is 0 Å². The van der Waals surface area contributed by atoms with Crippen molar-refractivity contribution in [2.24, 2.45) is 10.9 Å². The van der Waals surface area contributed by atoms with Gasteiger partial charge in [0.1, 0.15) is 0 Å². The molecule has 0 bridgehead atoms. The number of ether oxygens (including phenoxy) is 1. The lowest BCUT2D eigenvalue weighted by atomic mass is 10.1. The molecule has 4 heteroatoms. The van der Waals surface area contributed by atoms with Gasteiger partial charge in [0, 0.05) is 20.2 Å². The minimum Gasteiger partial charge on any atom is -0.380 e. The van der Waals surface area contributed by atoms with Crippen LogP contribution in [0.2, 0.25) is 0 Å². The van der Waals surface area contributed by atoms with E-state index in [1.54, 1.807) is 7.11 Å². The van der Waals surface area contributed by atoms with Gasteiger partial charge in [-0.05, 0) is 36.8 Å². The summed E-state index contributed by atoms with van der Waals surface area (Å²) in [6.45, 7) is 5.39. The second-order valence-electron chi connectivity index (χ2n) is 5.27. The minimum absolute atomic E-state index is 0.662. The number of guanidine groups is 1. The van der Waals surface area contributed by atoms with Crippen LogP contribution in [0.4, 0.5) is 0 Å². The molecule has 0 unspecified atom stereocenters. The van der Waals surface area contributed by atoms with E-state index < -0.39 is 0 Å². The Hall–Kier alpha value is -1.55. The van der Waals surface area contributed by atoms with Crippen LogP contribution in [0.15, 0.2) is 29.3 Å². The Morgan fingerprint density at radius 3 is 2.50 bits per heavy atom. The molecule has 1 aromatic carbocycles. The fourth-order valence-corrected chi connectivity index (χ4v) is 1.98. The molecule has 1 aliphatic rings. The van der Waals surface area contributed by atoms with Gasteiger partial charge in [0.2, 0.25) is 0 Å². The van der Waals surface area contributed by atoms with Gasteiger partial charge in [0.05, 0.1) is 13.2 Å². The molecule has 0 atom stereocenters. The highest BCUT2D eigenvalue weighted by Gasteiger charge is 2.20. The molecule has 1 aromatic rings. The number of nitrogens with zero attached hydrogens (tertiary/aromatic N) is 1. The highest BCUT2D eigenvalue weighted by atomic mass is 16.5. The monoisotopic (exact) mass is 275 g/mol. The highest BCUT2D eigenvalue weighted by molar-refractivity contribution is 5.79. The number of rotatable bonds is 7. The molecule has 2 rings (SSSR count). The lowest BCUT2D eigenvalue weighted by molar-refractivity contribution is 0.185. The van der Waals surface area contributed by atoms with E-state index >= 15 is 0 Å². The number of hydrogen-bond acceptors (Lipinski definition) is 2. The van der Waals surface area contributed by atoms with Crippen LogP contribution in [-0.2, 0) is 17.9 Å². The first-order valence-electron chi connectivity index (χ1n) is 7.40. The molecule has 0 amide bonds. The maximum absolute atomic E-state index is 5.11. The number of hydrogen-bond donors (Lipinski definition) is 2. The highest BCUT2D eigenvalue weighted by Crippen LogP contribution is 2.27. The predicted octanol–water partition coefficient (Wildman–Crippen LogP) is 2.30. The maximum atomic E-state index is 5.11. The van der Waals surface area contributed by atoms with Crippen LogP contribution in [0.1, 0.15) is 30.9 Å². The molecule has 4 nitrogen and oxygen atoms in total. The summed E-state index contributed by atoms with van der Waals surface area (Å²) in [6.07, 6.45) is 2.71. The van der Waals surface area contributed by atoms with Gasteiger partial charge in [-0.25, -0.2) is 4.99 Å². The van der Waals surface area contributed by atoms with E-state index in [1.165, 1.54) is 24.0 Å². The van der Waals surface area contributed by atoms with Crippen LogP contribution in [0.25, 0.3) is 0 Å². The molecule has 0 aromatic heterocycles. The minimum atomic E-state index is 0.662. The smallest absolute Gasteiger partial charge is 0.191 e. The van der Waals surface area contributed by atoms with Gasteiger partial charge < -0.3 is 15.4 Å². The van der Waals surface area contributed by atoms with Crippen molar-refractivity contribution in [3.8, 4) is 0 Å². The summed E-state index contributed by atoms with van der Waals surface area (Å²) in [6, 6.07) is 8.42. The van der Waals surface area contributed by atoms with Gasteiger partial charge in [-0.15, -0.1) is 0 Å². The van der Waals surface area contributed by atoms with Crippen molar-refractivity contribution in [1.29, 1.82) is 0 Å². The molecule has 2 N–H and O–H groups in total. The number of aliphatic imine (C=N–C) groups is 1. The van der Waals surface area contributed by atoms with E-state index in [2.05, 4.69) is 46.8 Å². The summed E-state index contributed by atoms with van der Waals surface area (Å²) < 4.78 is 5.11. The van der Waals surface area contributed by atoms with E-state index in [-0.39, 0.29) is 0 Å². The molecule has 20 heavy (non-hydrogen) atoms. The summed E-state index contributed by atoms with van der Waals surface area (Å²) >= 11 is 0. The SMILES string of the molecule is CCNC(=NCc1ccc(COC)cc1)NCC1CC1. The van der Waals surface area contributed by atoms with E-state index in [0.29, 0.717) is 13.2 Å². The molecule has 0 aliphatic heterocycles. The fraction of sp³-hybridized carbons (Fsp3) is 0.562. The second-order valence-corrected chi connectivity index (χ2v) is 5.27. The maximum Gasteiger partial charge on any atom is 0.191 e. The lowest BCUT2D eigenvalue weighted by Gasteiger charge is -2.10. The van der Waals surface area contributed by atoms with Crippen LogP contribution in [-0.4, -0.2) is 26.2 Å². The van der Waals surface area contributed by atoms with Crippen molar-refractivity contribution >= 4 is 5.96 Å². The van der Waals surface area contributed by atoms with Gasteiger partial charge in [0.15, 0.2) is 5.96 Å². The second kappa shape index (κ2) is 7.90. The quantitative estimate of drug-likeness (QED) is 0.593. The van der Waals surface area contributed by atoms with Gasteiger partial charge in [-0.3, -0.25) is 0 Å². The Bertz CT molecular complexity index is 424. The molecule has 1 aliphatic carbocycles. The topological polar surface area (TPSA) is 45.7 Å². The Morgan fingerprint density at radius 2 is 1.90 bits per heavy atom. The number of nitrogens with one attached hydrogen (secondary N) is 2. The Balaban J connectivity index is 1.85. The molecule has 0 saturated heterocycles. The van der Waals surface area contributed by atoms with Crippen LogP contribution < -0.4 is 10.6 Å². The number of methoxy groups -OCH3 is 1. The molecule has 0 spiro atoms. The predicted molar refractivity (Wildman–Crippen MR) is 82.7 cm³/mol. The van der Waals surface area contributed by atoms with Crippen molar-refractivity contribution in [3.05, 3.63) is 35.4 Å². The third kappa shape index (κ3) is 5.21. The fourth-order valence-electron chi connectivity index (χ4n) is 1.98. The molecule has 0 heterocycles. The molecular weight excluding hydrogens is 250 g/mol. The van der Waals surface area contributed by atoms with E-state index in [0.717, 1.165) is 25.0 Å². The van der Waals surface area contributed by atoms with Gasteiger partial charge in [-0.2, -0.15) is 0 Å². The Labute approximate surface area is 121 Å². The Kier molecular flexibility index (Phi) is 5.87. The first-order chi connectivity index (χ1) is 9.81. The van der Waals surface area contributed by atoms with Crippen molar-refractivity contribution < 1.29 is 4.74 Å². The van der Waals surface area contributed by atoms with Crippen LogP contribution >= 0.6 is 0 Å². The summed E-state index contributed by atoms with van der Waals surface area (Å²) in [5.74, 6) is 1.77. The summed E-state index contributed by atoms with van der Waals surface area (Å²) in [7, 11) is 1.71. The third-order valence-electron chi connectivity index (χ3n) is 3.35. The Morgan fingerprint density at radius 1 is 1.20 bits per heavy atom. The first kappa shape index (κ1) is 14.9. The summed E-state index contributed by atoms with van der Waals surface area (Å²) in [5.41, 5.74) is 2.41. The number of benzene rings is 1. The van der Waals surface area contributed by atoms with Gasteiger partial charge >= 0.3 is 0 Å². The molecular formula is C16H25N3O. The standard InChI is InChI=1S/C16H25N3O/c1-3-17-16(18-10-13-4-5-13)19-11-14-6-8-15(9-7-14)12-20-2/h6-9,13H,3-5,10-12H2,1-2H3,(H2,17,18,19). The molecule has 110 valence electrons. The van der Waals surface area contributed by atoms with E-state index in [1.807, 2.05) is 0 Å². The van der Waals surface area contributed by atoms with Crippen molar-refractivity contribution in [3.63, 3.8) is 0 Å².